The molecular weight excluding hydrogens is 476 g/mol. The van der Waals surface area contributed by atoms with Gasteiger partial charge in [-0.15, -0.1) is 0 Å². The molecule has 1 amide bonds. The topological polar surface area (TPSA) is 94.3 Å². The highest BCUT2D eigenvalue weighted by Gasteiger charge is 2.51. The molecule has 1 saturated carbocycles. The number of alkyl halides is 2. The summed E-state index contributed by atoms with van der Waals surface area (Å²) in [5.41, 5.74) is 5.37. The van der Waals surface area contributed by atoms with E-state index < -0.39 is 17.8 Å². The fourth-order valence-electron chi connectivity index (χ4n) is 5.50. The highest BCUT2D eigenvalue weighted by molar-refractivity contribution is 5.86. The van der Waals surface area contributed by atoms with Gasteiger partial charge >= 0.3 is 0 Å². The van der Waals surface area contributed by atoms with Crippen molar-refractivity contribution in [3.8, 4) is 0 Å². The van der Waals surface area contributed by atoms with E-state index >= 15 is 0 Å². The molecule has 6 nitrogen and oxygen atoms in total. The number of carbonyl (C=O) groups is 2. The number of fused-ring (bicyclic) bond motifs is 1. The van der Waals surface area contributed by atoms with Crippen molar-refractivity contribution in [3.63, 3.8) is 0 Å². The molecule has 2 atom stereocenters. The first-order valence-corrected chi connectivity index (χ1v) is 14.2. The monoisotopic (exact) mass is 523 g/mol. The minimum absolute atomic E-state index is 0.000199. The van der Waals surface area contributed by atoms with E-state index in [1.165, 1.54) is 5.56 Å². The summed E-state index contributed by atoms with van der Waals surface area (Å²) in [6.07, 6.45) is 8.10. The van der Waals surface area contributed by atoms with Crippen LogP contribution in [0.3, 0.4) is 0 Å². The third-order valence-electron chi connectivity index (χ3n) is 7.64. The SMILES string of the molecule is CCCCC(CCC)(C(F)F)C(CCOCCCCc1ccc2c(n1)NCCC2)C(=O)C1CC1.NC=O. The van der Waals surface area contributed by atoms with Crippen LogP contribution in [0.1, 0.15) is 95.7 Å². The zero-order chi connectivity index (χ0) is 27.1. The van der Waals surface area contributed by atoms with Gasteiger partial charge in [-0.25, -0.2) is 13.8 Å². The molecule has 1 aliphatic heterocycles. The molecule has 0 bridgehead atoms. The number of Topliss-reactive ketones (excluding diaryl/α,β-unsaturated/α-hetero) is 1. The summed E-state index contributed by atoms with van der Waals surface area (Å²) in [6.45, 7) is 5.95. The first kappa shape index (κ1) is 31.1. The molecule has 37 heavy (non-hydrogen) atoms. The van der Waals surface area contributed by atoms with Crippen molar-refractivity contribution in [2.75, 3.05) is 25.1 Å². The van der Waals surface area contributed by atoms with Gasteiger partial charge in [0, 0.05) is 42.7 Å². The zero-order valence-corrected chi connectivity index (χ0v) is 22.8. The molecule has 0 radical (unpaired) electrons. The number of aromatic nitrogens is 1. The molecule has 0 aromatic carbocycles. The molecule has 0 spiro atoms. The van der Waals surface area contributed by atoms with Crippen LogP contribution in [-0.2, 0) is 27.2 Å². The third-order valence-corrected chi connectivity index (χ3v) is 7.64. The average Bonchev–Trinajstić information content (AvgIpc) is 3.74. The quantitative estimate of drug-likeness (QED) is 0.190. The van der Waals surface area contributed by atoms with E-state index in [0.717, 1.165) is 75.8 Å². The lowest BCUT2D eigenvalue weighted by Gasteiger charge is -2.40. The van der Waals surface area contributed by atoms with Gasteiger partial charge < -0.3 is 15.8 Å². The molecule has 1 fully saturated rings. The van der Waals surface area contributed by atoms with Crippen LogP contribution >= 0.6 is 0 Å². The Kier molecular flexibility index (Phi) is 14.0. The van der Waals surface area contributed by atoms with Crippen LogP contribution in [0.15, 0.2) is 12.1 Å². The van der Waals surface area contributed by atoms with Crippen LogP contribution in [-0.4, -0.2) is 43.4 Å². The lowest BCUT2D eigenvalue weighted by Crippen LogP contribution is -2.43. The van der Waals surface area contributed by atoms with Crippen LogP contribution in [0.4, 0.5) is 14.6 Å². The second kappa shape index (κ2) is 16.7. The summed E-state index contributed by atoms with van der Waals surface area (Å²) < 4.78 is 34.9. The van der Waals surface area contributed by atoms with E-state index in [1.807, 2.05) is 13.8 Å². The van der Waals surface area contributed by atoms with Crippen LogP contribution in [0.25, 0.3) is 0 Å². The Bertz CT molecular complexity index is 820. The van der Waals surface area contributed by atoms with Crippen molar-refractivity contribution >= 4 is 18.0 Å². The van der Waals surface area contributed by atoms with Gasteiger partial charge in [0.25, 0.3) is 0 Å². The van der Waals surface area contributed by atoms with Gasteiger partial charge in [0.15, 0.2) is 0 Å². The summed E-state index contributed by atoms with van der Waals surface area (Å²) in [5, 5.41) is 3.38. The second-order valence-electron chi connectivity index (χ2n) is 10.5. The summed E-state index contributed by atoms with van der Waals surface area (Å²) >= 11 is 0. The average molecular weight is 524 g/mol. The minimum atomic E-state index is -2.47. The molecular formula is C29H47F2N3O3. The first-order chi connectivity index (χ1) is 17.9. The molecule has 2 unspecified atom stereocenters. The molecule has 0 saturated heterocycles. The standard InChI is InChI=1S/C28H44F2N2O2.CH3NO/c1-3-5-17-28(16-4-2,27(29)30)24(25(33)21-11-12-21)15-20-34-19-7-6-10-23-14-13-22-9-8-18-31-26(22)32-23;2-1-3/h13-14,21,24,27H,3-12,15-20H2,1-2H3,(H,31,32);1H,(H2,2,3). The van der Waals surface area contributed by atoms with E-state index in [2.05, 4.69) is 23.2 Å². The second-order valence-corrected chi connectivity index (χ2v) is 10.5. The van der Waals surface area contributed by atoms with E-state index in [9.17, 15) is 13.6 Å². The number of unbranched alkanes of at least 4 members (excludes halogenated alkanes) is 2. The lowest BCUT2D eigenvalue weighted by atomic mass is 9.65. The number of ketones is 1. The number of aryl methyl sites for hydroxylation is 2. The maximum absolute atomic E-state index is 14.5. The highest BCUT2D eigenvalue weighted by atomic mass is 19.3. The van der Waals surface area contributed by atoms with Crippen LogP contribution in [0.5, 0.6) is 0 Å². The molecule has 1 aliphatic carbocycles. The van der Waals surface area contributed by atoms with E-state index in [0.29, 0.717) is 38.9 Å². The van der Waals surface area contributed by atoms with Crippen molar-refractivity contribution in [2.45, 2.75) is 104 Å². The van der Waals surface area contributed by atoms with Gasteiger partial charge in [0.2, 0.25) is 12.8 Å². The number of hydrogen-bond donors (Lipinski definition) is 2. The maximum atomic E-state index is 14.5. The molecule has 3 N–H and O–H groups in total. The van der Waals surface area contributed by atoms with Gasteiger partial charge in [-0.05, 0) is 75.8 Å². The predicted octanol–water partition coefficient (Wildman–Crippen LogP) is 6.11. The Morgan fingerprint density at radius 3 is 2.59 bits per heavy atom. The fourth-order valence-corrected chi connectivity index (χ4v) is 5.50. The maximum Gasteiger partial charge on any atom is 0.244 e. The number of rotatable bonds is 17. The smallest absolute Gasteiger partial charge is 0.244 e. The van der Waals surface area contributed by atoms with E-state index in [1.54, 1.807) is 0 Å². The van der Waals surface area contributed by atoms with Gasteiger partial charge in [-0.2, -0.15) is 0 Å². The molecule has 3 rings (SSSR count). The molecule has 210 valence electrons. The summed E-state index contributed by atoms with van der Waals surface area (Å²) in [4.78, 5) is 26.4. The van der Waals surface area contributed by atoms with Crippen molar-refractivity contribution in [1.29, 1.82) is 0 Å². The number of nitrogens with zero attached hydrogens (tertiary/aromatic N) is 1. The Morgan fingerprint density at radius 1 is 1.19 bits per heavy atom. The molecule has 2 aliphatic rings. The molecule has 1 aromatic rings. The van der Waals surface area contributed by atoms with Gasteiger partial charge in [0.1, 0.15) is 11.6 Å². The predicted molar refractivity (Wildman–Crippen MR) is 144 cm³/mol. The number of amides is 1. The van der Waals surface area contributed by atoms with Gasteiger partial charge in [-0.3, -0.25) is 9.59 Å². The van der Waals surface area contributed by atoms with Crippen molar-refractivity contribution < 1.29 is 23.1 Å². The number of halogens is 2. The van der Waals surface area contributed by atoms with E-state index in [4.69, 9.17) is 14.5 Å². The van der Waals surface area contributed by atoms with Crippen LogP contribution in [0.2, 0.25) is 0 Å². The number of nitrogens with one attached hydrogen (secondary N) is 1. The van der Waals surface area contributed by atoms with Crippen molar-refractivity contribution in [1.82, 2.24) is 4.98 Å². The number of pyridine rings is 1. The minimum Gasteiger partial charge on any atom is -0.381 e. The Balaban J connectivity index is 0.00000153. The Morgan fingerprint density at radius 2 is 1.95 bits per heavy atom. The Labute approximate surface area is 221 Å². The van der Waals surface area contributed by atoms with Crippen LogP contribution in [0, 0.1) is 17.3 Å². The largest absolute Gasteiger partial charge is 0.381 e. The fraction of sp³-hybridized carbons (Fsp3) is 0.759. The summed E-state index contributed by atoms with van der Waals surface area (Å²) in [5.74, 6) is 0.517. The first-order valence-electron chi connectivity index (χ1n) is 14.2. The normalized spacial score (nSPS) is 17.1. The lowest BCUT2D eigenvalue weighted by molar-refractivity contribution is -0.139. The number of carbonyl (C=O) groups excluding carboxylic acids is 2. The van der Waals surface area contributed by atoms with Crippen molar-refractivity contribution in [2.24, 2.45) is 23.0 Å². The van der Waals surface area contributed by atoms with E-state index in [-0.39, 0.29) is 18.1 Å². The third kappa shape index (κ3) is 9.62. The van der Waals surface area contributed by atoms with Gasteiger partial charge in [-0.1, -0.05) is 39.2 Å². The van der Waals surface area contributed by atoms with Crippen LogP contribution < -0.4 is 11.1 Å². The number of hydrogen-bond acceptors (Lipinski definition) is 5. The highest BCUT2D eigenvalue weighted by Crippen LogP contribution is 2.49. The number of nitrogens with two attached hydrogens (primary N) is 1. The number of primary amides is 1. The molecule has 1 aromatic heterocycles. The number of anilines is 1. The molecule has 2 heterocycles. The Hall–Kier alpha value is -2.09. The zero-order valence-electron chi connectivity index (χ0n) is 22.8. The summed E-state index contributed by atoms with van der Waals surface area (Å²) in [7, 11) is 0. The number of ether oxygens (including phenoxy) is 1. The molecule has 8 heteroatoms. The summed E-state index contributed by atoms with van der Waals surface area (Å²) in [6, 6.07) is 4.30. The van der Waals surface area contributed by atoms with Gasteiger partial charge in [0.05, 0.1) is 0 Å². The van der Waals surface area contributed by atoms with Crippen molar-refractivity contribution in [3.05, 3.63) is 23.4 Å².